The summed E-state index contributed by atoms with van der Waals surface area (Å²) in [6.07, 6.45) is 1.50. The zero-order valence-corrected chi connectivity index (χ0v) is 18.7. The Bertz CT molecular complexity index is 1200. The first-order chi connectivity index (χ1) is 14.9. The molecular formula is C25H20BrFN2O2. The van der Waals surface area contributed by atoms with E-state index in [1.165, 1.54) is 12.1 Å². The second-order valence-corrected chi connectivity index (χ2v) is 7.87. The Labute approximate surface area is 189 Å². The van der Waals surface area contributed by atoms with Gasteiger partial charge in [0.15, 0.2) is 0 Å². The van der Waals surface area contributed by atoms with E-state index in [2.05, 4.69) is 21.2 Å². The van der Waals surface area contributed by atoms with Crippen LogP contribution >= 0.6 is 15.9 Å². The molecule has 0 fully saturated rings. The fraction of sp³-hybridized carbons (Fsp3) is 0.120. The summed E-state index contributed by atoms with van der Waals surface area (Å²) in [5, 5.41) is 12.2. The van der Waals surface area contributed by atoms with E-state index in [4.69, 9.17) is 4.74 Å². The van der Waals surface area contributed by atoms with Gasteiger partial charge in [0, 0.05) is 11.3 Å². The maximum atomic E-state index is 13.7. The fourth-order valence-electron chi connectivity index (χ4n) is 2.95. The largest absolute Gasteiger partial charge is 0.488 e. The van der Waals surface area contributed by atoms with Gasteiger partial charge in [-0.25, -0.2) is 4.39 Å². The first kappa shape index (κ1) is 22.3. The third-order valence-corrected chi connectivity index (χ3v) is 5.22. The van der Waals surface area contributed by atoms with Gasteiger partial charge in [-0.05, 0) is 71.2 Å². The summed E-state index contributed by atoms with van der Waals surface area (Å²) in [6.45, 7) is 3.96. The topological polar surface area (TPSA) is 62.1 Å². The monoisotopic (exact) mass is 478 g/mol. The van der Waals surface area contributed by atoms with Crippen molar-refractivity contribution in [3.05, 3.63) is 98.8 Å². The number of benzene rings is 3. The van der Waals surface area contributed by atoms with Gasteiger partial charge in [0.25, 0.3) is 5.91 Å². The second kappa shape index (κ2) is 10.1. The number of rotatable bonds is 6. The number of hydrogen-bond donors (Lipinski definition) is 1. The van der Waals surface area contributed by atoms with Crippen LogP contribution in [0.3, 0.4) is 0 Å². The summed E-state index contributed by atoms with van der Waals surface area (Å²) in [4.78, 5) is 12.6. The van der Waals surface area contributed by atoms with E-state index in [9.17, 15) is 14.4 Å². The number of nitrogens with one attached hydrogen (secondary N) is 1. The number of hydrogen-bond acceptors (Lipinski definition) is 3. The molecule has 6 heteroatoms. The molecule has 3 rings (SSSR count). The average Bonchev–Trinajstić information content (AvgIpc) is 2.74. The summed E-state index contributed by atoms with van der Waals surface area (Å²) < 4.78 is 20.1. The predicted molar refractivity (Wildman–Crippen MR) is 123 cm³/mol. The van der Waals surface area contributed by atoms with Crippen LogP contribution < -0.4 is 10.1 Å². The number of anilines is 1. The van der Waals surface area contributed by atoms with E-state index in [1.807, 2.05) is 38.1 Å². The van der Waals surface area contributed by atoms with Crippen molar-refractivity contribution < 1.29 is 13.9 Å². The highest BCUT2D eigenvalue weighted by atomic mass is 79.9. The van der Waals surface area contributed by atoms with Crippen molar-refractivity contribution in [1.82, 2.24) is 0 Å². The number of amides is 1. The van der Waals surface area contributed by atoms with Crippen LogP contribution in [-0.2, 0) is 11.4 Å². The van der Waals surface area contributed by atoms with Crippen molar-refractivity contribution in [2.24, 2.45) is 0 Å². The average molecular weight is 479 g/mol. The highest BCUT2D eigenvalue weighted by Gasteiger charge is 2.12. The number of aryl methyl sites for hydroxylation is 2. The molecule has 0 unspecified atom stereocenters. The Balaban J connectivity index is 1.73. The smallest absolute Gasteiger partial charge is 0.266 e. The van der Waals surface area contributed by atoms with E-state index in [1.54, 1.807) is 36.4 Å². The molecule has 156 valence electrons. The van der Waals surface area contributed by atoms with Gasteiger partial charge in [-0.15, -0.1) is 0 Å². The van der Waals surface area contributed by atoms with Crippen LogP contribution in [0.25, 0.3) is 6.08 Å². The van der Waals surface area contributed by atoms with Gasteiger partial charge in [0.1, 0.15) is 29.8 Å². The van der Waals surface area contributed by atoms with Gasteiger partial charge in [-0.1, -0.05) is 42.0 Å². The molecule has 0 aliphatic heterocycles. The molecule has 0 aliphatic rings. The summed E-state index contributed by atoms with van der Waals surface area (Å²) in [5.41, 5.74) is 3.76. The zero-order chi connectivity index (χ0) is 22.4. The van der Waals surface area contributed by atoms with Crippen molar-refractivity contribution in [3.63, 3.8) is 0 Å². The normalized spacial score (nSPS) is 11.0. The minimum atomic E-state index is -0.481. The van der Waals surface area contributed by atoms with Crippen LogP contribution in [0.5, 0.6) is 5.75 Å². The molecule has 0 radical (unpaired) electrons. The maximum Gasteiger partial charge on any atom is 0.266 e. The van der Waals surface area contributed by atoms with E-state index in [-0.39, 0.29) is 18.0 Å². The molecule has 4 nitrogen and oxygen atoms in total. The molecule has 0 saturated heterocycles. The summed E-state index contributed by atoms with van der Waals surface area (Å²) in [5.74, 6) is -0.282. The number of nitriles is 1. The molecule has 0 spiro atoms. The molecule has 0 aliphatic carbocycles. The SMILES string of the molecule is Cc1ccc(NC(=O)/C(C#N)=C/c2ccc(OCc3ccccc3F)c(Br)c2)c(C)c1. The third kappa shape index (κ3) is 5.80. The molecule has 3 aromatic rings. The molecule has 1 amide bonds. The Morgan fingerprint density at radius 3 is 2.61 bits per heavy atom. The molecule has 31 heavy (non-hydrogen) atoms. The van der Waals surface area contributed by atoms with Gasteiger partial charge < -0.3 is 10.1 Å². The minimum absolute atomic E-state index is 0.0214. The lowest BCUT2D eigenvalue weighted by atomic mass is 10.1. The van der Waals surface area contributed by atoms with E-state index in [0.29, 0.717) is 27.0 Å². The molecular weight excluding hydrogens is 459 g/mol. The van der Waals surface area contributed by atoms with Gasteiger partial charge in [-0.3, -0.25) is 4.79 Å². The van der Waals surface area contributed by atoms with Gasteiger partial charge in [0.05, 0.1) is 4.47 Å². The number of nitrogens with zero attached hydrogens (tertiary/aromatic N) is 1. The summed E-state index contributed by atoms with van der Waals surface area (Å²) in [7, 11) is 0. The van der Waals surface area contributed by atoms with Crippen LogP contribution in [-0.4, -0.2) is 5.91 Å². The Kier molecular flexibility index (Phi) is 7.22. The predicted octanol–water partition coefficient (Wildman–Crippen LogP) is 6.33. The Hall–Kier alpha value is -3.43. The van der Waals surface area contributed by atoms with E-state index >= 15 is 0 Å². The minimum Gasteiger partial charge on any atom is -0.488 e. The number of halogens is 2. The second-order valence-electron chi connectivity index (χ2n) is 7.01. The van der Waals surface area contributed by atoms with Crippen LogP contribution in [0.15, 0.2) is 70.7 Å². The number of ether oxygens (including phenoxy) is 1. The highest BCUT2D eigenvalue weighted by molar-refractivity contribution is 9.10. The van der Waals surface area contributed by atoms with Crippen molar-refractivity contribution in [2.45, 2.75) is 20.5 Å². The standard InChI is InChI=1S/C25H20BrFN2O2/c1-16-7-9-23(17(2)11-16)29-25(30)20(14-28)12-18-8-10-24(21(26)13-18)31-15-19-5-3-4-6-22(19)27/h3-13H,15H2,1-2H3,(H,29,30)/b20-12+. The van der Waals surface area contributed by atoms with Crippen molar-refractivity contribution in [1.29, 1.82) is 5.26 Å². The Morgan fingerprint density at radius 2 is 1.94 bits per heavy atom. The molecule has 0 heterocycles. The Morgan fingerprint density at radius 1 is 1.16 bits per heavy atom. The van der Waals surface area contributed by atoms with Crippen molar-refractivity contribution in [3.8, 4) is 11.8 Å². The van der Waals surface area contributed by atoms with Crippen LogP contribution in [0.4, 0.5) is 10.1 Å². The summed E-state index contributed by atoms with van der Waals surface area (Å²) in [6, 6.07) is 19.2. The third-order valence-electron chi connectivity index (χ3n) is 4.60. The van der Waals surface area contributed by atoms with E-state index < -0.39 is 5.91 Å². The van der Waals surface area contributed by atoms with Gasteiger partial charge in [0.2, 0.25) is 0 Å². The molecule has 0 bridgehead atoms. The highest BCUT2D eigenvalue weighted by Crippen LogP contribution is 2.28. The lowest BCUT2D eigenvalue weighted by molar-refractivity contribution is -0.112. The number of carbonyl (C=O) groups excluding carboxylic acids is 1. The van der Waals surface area contributed by atoms with Crippen molar-refractivity contribution in [2.75, 3.05) is 5.32 Å². The summed E-state index contributed by atoms with van der Waals surface area (Å²) >= 11 is 3.43. The lowest BCUT2D eigenvalue weighted by Crippen LogP contribution is -2.14. The van der Waals surface area contributed by atoms with Crippen LogP contribution in [0.2, 0.25) is 0 Å². The lowest BCUT2D eigenvalue weighted by Gasteiger charge is -2.10. The first-order valence-electron chi connectivity index (χ1n) is 9.53. The first-order valence-corrected chi connectivity index (χ1v) is 10.3. The van der Waals surface area contributed by atoms with E-state index in [0.717, 1.165) is 11.1 Å². The zero-order valence-electron chi connectivity index (χ0n) is 17.1. The van der Waals surface area contributed by atoms with Gasteiger partial charge >= 0.3 is 0 Å². The van der Waals surface area contributed by atoms with Gasteiger partial charge in [-0.2, -0.15) is 5.26 Å². The van der Waals surface area contributed by atoms with Crippen LogP contribution in [0.1, 0.15) is 22.3 Å². The fourth-order valence-corrected chi connectivity index (χ4v) is 3.46. The molecule has 3 aromatic carbocycles. The maximum absolute atomic E-state index is 13.7. The quantitative estimate of drug-likeness (QED) is 0.332. The molecule has 0 saturated carbocycles. The van der Waals surface area contributed by atoms with Crippen LogP contribution in [0, 0.1) is 31.0 Å². The molecule has 1 N–H and O–H groups in total. The molecule has 0 aromatic heterocycles. The number of carbonyl (C=O) groups is 1. The molecule has 0 atom stereocenters. The van der Waals surface area contributed by atoms with Crippen molar-refractivity contribution >= 4 is 33.6 Å².